The summed E-state index contributed by atoms with van der Waals surface area (Å²) in [6.07, 6.45) is 5.60. The summed E-state index contributed by atoms with van der Waals surface area (Å²) < 4.78 is 6.24. The Hall–Kier alpha value is -3.07. The Balaban J connectivity index is 1.98. The summed E-state index contributed by atoms with van der Waals surface area (Å²) in [7, 11) is 0. The third-order valence-corrected chi connectivity index (χ3v) is 4.27. The van der Waals surface area contributed by atoms with E-state index in [2.05, 4.69) is 46.8 Å². The molecule has 3 heteroatoms. The predicted octanol–water partition coefficient (Wildman–Crippen LogP) is 4.97. The Bertz CT molecular complexity index is 860. The highest BCUT2D eigenvalue weighted by molar-refractivity contribution is 5.66. The Morgan fingerprint density at radius 3 is 2.46 bits per heavy atom. The van der Waals surface area contributed by atoms with Crippen LogP contribution in [-0.2, 0) is 0 Å². The van der Waals surface area contributed by atoms with Gasteiger partial charge in [-0.3, -0.25) is 4.98 Å². The lowest BCUT2D eigenvalue weighted by Gasteiger charge is -2.32. The van der Waals surface area contributed by atoms with Gasteiger partial charge in [0, 0.05) is 24.5 Å². The number of aromatic nitrogens is 1. The first-order chi connectivity index (χ1) is 11.9. The number of anilines is 1. The Labute approximate surface area is 141 Å². The Morgan fingerprint density at radius 2 is 1.67 bits per heavy atom. The number of fused-ring (bicyclic) bond motifs is 2. The number of rotatable bonds is 3. The molecule has 0 saturated carbocycles. The van der Waals surface area contributed by atoms with E-state index in [0.717, 1.165) is 29.3 Å². The summed E-state index contributed by atoms with van der Waals surface area (Å²) in [5, 5.41) is 0. The van der Waals surface area contributed by atoms with Gasteiger partial charge in [-0.15, -0.1) is 6.58 Å². The van der Waals surface area contributed by atoms with Crippen molar-refractivity contribution in [2.24, 2.45) is 0 Å². The van der Waals surface area contributed by atoms with Gasteiger partial charge in [0.25, 0.3) is 0 Å². The van der Waals surface area contributed by atoms with E-state index in [-0.39, 0.29) is 6.04 Å². The van der Waals surface area contributed by atoms with Gasteiger partial charge in [-0.25, -0.2) is 0 Å². The summed E-state index contributed by atoms with van der Waals surface area (Å²) in [4.78, 5) is 6.49. The van der Waals surface area contributed by atoms with E-state index in [1.54, 1.807) is 0 Å². The number of hydrogen-bond acceptors (Lipinski definition) is 3. The molecule has 0 aliphatic carbocycles. The number of para-hydroxylation sites is 3. The maximum absolute atomic E-state index is 6.24. The topological polar surface area (TPSA) is 25.4 Å². The second-order valence-corrected chi connectivity index (χ2v) is 5.73. The van der Waals surface area contributed by atoms with E-state index in [1.807, 2.05) is 48.8 Å². The molecule has 1 atom stereocenters. The minimum absolute atomic E-state index is 0.0471. The first-order valence-corrected chi connectivity index (χ1v) is 8.02. The van der Waals surface area contributed by atoms with E-state index >= 15 is 0 Å². The molecule has 0 amide bonds. The van der Waals surface area contributed by atoms with Crippen LogP contribution >= 0.6 is 0 Å². The minimum Gasteiger partial charge on any atom is -0.455 e. The lowest BCUT2D eigenvalue weighted by molar-refractivity contribution is 0.483. The van der Waals surface area contributed by atoms with Crippen molar-refractivity contribution in [2.75, 3.05) is 11.4 Å². The standard InChI is InChI=1S/C21H18N2O/c1-2-15-23-18-8-4-6-10-20(18)24-19-9-5-3-7-17(19)21(23)16-11-13-22-14-12-16/h2-14,21H,1,15H2. The quantitative estimate of drug-likeness (QED) is 0.638. The van der Waals surface area contributed by atoms with Gasteiger partial charge in [-0.2, -0.15) is 0 Å². The number of benzene rings is 2. The Kier molecular flexibility index (Phi) is 3.75. The maximum atomic E-state index is 6.24. The van der Waals surface area contributed by atoms with Crippen LogP contribution in [0.4, 0.5) is 5.69 Å². The van der Waals surface area contributed by atoms with Crippen molar-refractivity contribution in [1.29, 1.82) is 0 Å². The van der Waals surface area contributed by atoms with Crippen LogP contribution in [0.25, 0.3) is 0 Å². The van der Waals surface area contributed by atoms with Gasteiger partial charge in [0.15, 0.2) is 5.75 Å². The molecule has 4 rings (SSSR count). The number of nitrogens with zero attached hydrogens (tertiary/aromatic N) is 2. The van der Waals surface area contributed by atoms with Gasteiger partial charge < -0.3 is 9.64 Å². The molecule has 0 saturated heterocycles. The van der Waals surface area contributed by atoms with Crippen molar-refractivity contribution >= 4 is 5.69 Å². The lowest BCUT2D eigenvalue weighted by Crippen LogP contribution is -2.29. The largest absolute Gasteiger partial charge is 0.455 e. The molecule has 0 bridgehead atoms. The Morgan fingerprint density at radius 1 is 0.958 bits per heavy atom. The number of pyridine rings is 1. The average molecular weight is 314 g/mol. The molecule has 24 heavy (non-hydrogen) atoms. The molecule has 1 aliphatic heterocycles. The van der Waals surface area contributed by atoms with Crippen molar-refractivity contribution in [3.05, 3.63) is 96.8 Å². The van der Waals surface area contributed by atoms with Gasteiger partial charge in [0.05, 0.1) is 11.7 Å². The molecule has 3 nitrogen and oxygen atoms in total. The zero-order valence-corrected chi connectivity index (χ0v) is 13.3. The molecule has 3 aromatic rings. The molecule has 2 heterocycles. The highest BCUT2D eigenvalue weighted by Crippen LogP contribution is 2.46. The SMILES string of the molecule is C=CCN1c2ccccc2Oc2ccccc2C1c1ccncc1. The lowest BCUT2D eigenvalue weighted by atomic mass is 9.96. The molecule has 1 aliphatic rings. The molecule has 0 fully saturated rings. The van der Waals surface area contributed by atoms with Crippen molar-refractivity contribution in [1.82, 2.24) is 4.98 Å². The second kappa shape index (κ2) is 6.20. The predicted molar refractivity (Wildman–Crippen MR) is 96.6 cm³/mol. The van der Waals surface area contributed by atoms with Crippen LogP contribution in [0.5, 0.6) is 11.5 Å². The fourth-order valence-corrected chi connectivity index (χ4v) is 3.25. The highest BCUT2D eigenvalue weighted by atomic mass is 16.5. The zero-order chi connectivity index (χ0) is 16.4. The normalized spacial score (nSPS) is 15.7. The van der Waals surface area contributed by atoms with Crippen molar-refractivity contribution in [3.63, 3.8) is 0 Å². The first-order valence-electron chi connectivity index (χ1n) is 8.02. The molecule has 0 spiro atoms. The van der Waals surface area contributed by atoms with E-state index in [4.69, 9.17) is 4.74 Å². The van der Waals surface area contributed by atoms with Gasteiger partial charge in [-0.05, 0) is 35.9 Å². The van der Waals surface area contributed by atoms with Crippen molar-refractivity contribution in [3.8, 4) is 11.5 Å². The zero-order valence-electron chi connectivity index (χ0n) is 13.3. The minimum atomic E-state index is 0.0471. The van der Waals surface area contributed by atoms with Gasteiger partial charge in [0.2, 0.25) is 0 Å². The van der Waals surface area contributed by atoms with Crippen LogP contribution in [0, 0.1) is 0 Å². The van der Waals surface area contributed by atoms with E-state index in [1.165, 1.54) is 5.56 Å². The fraction of sp³-hybridized carbons (Fsp3) is 0.0952. The molecular weight excluding hydrogens is 296 g/mol. The van der Waals surface area contributed by atoms with E-state index in [9.17, 15) is 0 Å². The third-order valence-electron chi connectivity index (χ3n) is 4.27. The van der Waals surface area contributed by atoms with Gasteiger partial charge >= 0.3 is 0 Å². The monoisotopic (exact) mass is 314 g/mol. The smallest absolute Gasteiger partial charge is 0.150 e. The van der Waals surface area contributed by atoms with Crippen molar-refractivity contribution in [2.45, 2.75) is 6.04 Å². The second-order valence-electron chi connectivity index (χ2n) is 5.73. The van der Waals surface area contributed by atoms with Crippen molar-refractivity contribution < 1.29 is 4.74 Å². The summed E-state index contributed by atoms with van der Waals surface area (Å²) in [5.74, 6) is 1.75. The molecule has 118 valence electrons. The summed E-state index contributed by atoms with van der Waals surface area (Å²) in [5.41, 5.74) is 3.39. The number of hydrogen-bond donors (Lipinski definition) is 0. The van der Waals surface area contributed by atoms with Gasteiger partial charge in [0.1, 0.15) is 5.75 Å². The first kappa shape index (κ1) is 14.5. The summed E-state index contributed by atoms with van der Waals surface area (Å²) >= 11 is 0. The van der Waals surface area contributed by atoms with Crippen LogP contribution in [0.1, 0.15) is 17.2 Å². The molecule has 2 aromatic carbocycles. The van der Waals surface area contributed by atoms with Crippen LogP contribution in [0.3, 0.4) is 0 Å². The van der Waals surface area contributed by atoms with Gasteiger partial charge in [-0.1, -0.05) is 36.4 Å². The van der Waals surface area contributed by atoms with Crippen LogP contribution in [-0.4, -0.2) is 11.5 Å². The molecule has 1 unspecified atom stereocenters. The van der Waals surface area contributed by atoms with Crippen LogP contribution in [0.15, 0.2) is 85.7 Å². The fourth-order valence-electron chi connectivity index (χ4n) is 3.25. The summed E-state index contributed by atoms with van der Waals surface area (Å²) in [6.45, 7) is 4.67. The highest BCUT2D eigenvalue weighted by Gasteiger charge is 2.30. The maximum Gasteiger partial charge on any atom is 0.150 e. The average Bonchev–Trinajstić information content (AvgIpc) is 2.77. The summed E-state index contributed by atoms with van der Waals surface area (Å²) in [6, 6.07) is 20.5. The molecule has 1 aromatic heterocycles. The van der Waals surface area contributed by atoms with Crippen LogP contribution < -0.4 is 9.64 Å². The molecule has 0 radical (unpaired) electrons. The molecular formula is C21H18N2O. The van der Waals surface area contributed by atoms with E-state index in [0.29, 0.717) is 0 Å². The number of ether oxygens (including phenoxy) is 1. The van der Waals surface area contributed by atoms with Crippen LogP contribution in [0.2, 0.25) is 0 Å². The third kappa shape index (κ3) is 2.44. The molecule has 0 N–H and O–H groups in total. The van der Waals surface area contributed by atoms with E-state index < -0.39 is 0 Å².